The second kappa shape index (κ2) is 11.2. The van der Waals surface area contributed by atoms with Crippen molar-refractivity contribution in [1.29, 1.82) is 5.26 Å². The maximum Gasteiger partial charge on any atom is 0.161 e. The van der Waals surface area contributed by atoms with E-state index < -0.39 is 5.92 Å². The molecule has 0 saturated heterocycles. The summed E-state index contributed by atoms with van der Waals surface area (Å²) in [5.41, 5.74) is 13.8. The summed E-state index contributed by atoms with van der Waals surface area (Å²) in [5.74, 6) is 0.444. The van der Waals surface area contributed by atoms with Gasteiger partial charge in [-0.1, -0.05) is 52.5 Å². The number of carbonyl (C=O) groups excluding carboxylic acids is 1. The molecule has 1 aliphatic heterocycles. The van der Waals surface area contributed by atoms with Crippen molar-refractivity contribution in [1.82, 2.24) is 0 Å². The lowest BCUT2D eigenvalue weighted by Crippen LogP contribution is -2.39. The zero-order valence-corrected chi connectivity index (χ0v) is 24.7. The van der Waals surface area contributed by atoms with Gasteiger partial charge in [0.25, 0.3) is 0 Å². The Morgan fingerprint density at radius 2 is 1.73 bits per heavy atom. The monoisotopic (exact) mass is 591 g/mol. The van der Waals surface area contributed by atoms with Crippen LogP contribution in [0.15, 0.2) is 71.2 Å². The van der Waals surface area contributed by atoms with E-state index in [0.29, 0.717) is 57.8 Å². The number of allylic oxidation sites excluding steroid dienone is 3. The van der Waals surface area contributed by atoms with Gasteiger partial charge in [-0.15, -0.1) is 0 Å². The Kier molecular flexibility index (Phi) is 7.88. The van der Waals surface area contributed by atoms with Crippen molar-refractivity contribution < 1.29 is 9.53 Å². The summed E-state index contributed by atoms with van der Waals surface area (Å²) in [4.78, 5) is 15.4. The van der Waals surface area contributed by atoms with Crippen LogP contribution in [0.25, 0.3) is 0 Å². The van der Waals surface area contributed by atoms with Crippen molar-refractivity contribution in [2.45, 2.75) is 52.6 Å². The third-order valence-corrected chi connectivity index (χ3v) is 8.22. The SMILES string of the molecule is Cc1cc(COc2ccc(Cl)cc2C)c(C)c(C2C(C#N)=C(N)N(c3cc(Cl)cc(Cl)c3)C3=C2C(=O)CCC3)c1. The molecule has 204 valence electrons. The molecule has 8 heteroatoms. The number of carbonyl (C=O) groups is 1. The van der Waals surface area contributed by atoms with Gasteiger partial charge in [0.1, 0.15) is 18.2 Å². The third kappa shape index (κ3) is 5.20. The normalized spacial score (nSPS) is 17.2. The Morgan fingerprint density at radius 3 is 2.40 bits per heavy atom. The molecule has 1 aliphatic carbocycles. The van der Waals surface area contributed by atoms with Crippen LogP contribution in [-0.2, 0) is 11.4 Å². The molecular formula is C32H28Cl3N3O2. The minimum atomic E-state index is -0.588. The average molecular weight is 593 g/mol. The smallest absolute Gasteiger partial charge is 0.161 e. The Balaban J connectivity index is 1.64. The van der Waals surface area contributed by atoms with E-state index >= 15 is 0 Å². The van der Waals surface area contributed by atoms with Crippen LogP contribution in [0, 0.1) is 32.1 Å². The molecular weight excluding hydrogens is 565 g/mol. The molecule has 5 nitrogen and oxygen atoms in total. The molecule has 3 aromatic carbocycles. The van der Waals surface area contributed by atoms with Crippen LogP contribution in [0.3, 0.4) is 0 Å². The van der Waals surface area contributed by atoms with Crippen molar-refractivity contribution in [3.8, 4) is 11.8 Å². The first-order chi connectivity index (χ1) is 19.1. The lowest BCUT2D eigenvalue weighted by Gasteiger charge is -2.40. The van der Waals surface area contributed by atoms with Gasteiger partial charge in [0, 0.05) is 32.8 Å². The van der Waals surface area contributed by atoms with Crippen molar-refractivity contribution in [2.24, 2.45) is 5.73 Å². The summed E-state index contributed by atoms with van der Waals surface area (Å²) in [6, 6.07) is 17.1. The van der Waals surface area contributed by atoms with Crippen LogP contribution < -0.4 is 15.4 Å². The van der Waals surface area contributed by atoms with Crippen LogP contribution in [0.5, 0.6) is 5.75 Å². The fourth-order valence-corrected chi connectivity index (χ4v) is 6.45. The molecule has 2 N–H and O–H groups in total. The number of hydrogen-bond donors (Lipinski definition) is 1. The van der Waals surface area contributed by atoms with E-state index in [2.05, 4.69) is 12.1 Å². The summed E-state index contributed by atoms with van der Waals surface area (Å²) >= 11 is 18.8. The number of halogens is 3. The number of nitrogens with two attached hydrogens (primary N) is 1. The molecule has 2 aliphatic rings. The number of nitriles is 1. The van der Waals surface area contributed by atoms with E-state index in [1.54, 1.807) is 29.2 Å². The Hall–Kier alpha value is -3.43. The summed E-state index contributed by atoms with van der Waals surface area (Å²) in [6.07, 6.45) is 1.74. The van der Waals surface area contributed by atoms with E-state index in [4.69, 9.17) is 45.3 Å². The molecule has 0 fully saturated rings. The molecule has 3 aromatic rings. The predicted molar refractivity (Wildman–Crippen MR) is 161 cm³/mol. The number of benzene rings is 3. The summed E-state index contributed by atoms with van der Waals surface area (Å²) in [7, 11) is 0. The first kappa shape index (κ1) is 28.1. The molecule has 5 rings (SSSR count). The van der Waals surface area contributed by atoms with E-state index in [9.17, 15) is 10.1 Å². The molecule has 0 radical (unpaired) electrons. The molecule has 0 aromatic heterocycles. The second-order valence-electron chi connectivity index (χ2n) is 10.3. The third-order valence-electron chi connectivity index (χ3n) is 7.55. The van der Waals surface area contributed by atoms with Crippen LogP contribution in [-0.4, -0.2) is 5.78 Å². The Labute approximate surface area is 249 Å². The number of ketones is 1. The first-order valence-corrected chi connectivity index (χ1v) is 14.1. The fourth-order valence-electron chi connectivity index (χ4n) is 5.70. The number of ether oxygens (including phenoxy) is 1. The standard InChI is InChI=1S/C32H28Cl3N3O2/c1-17-9-20(16-40-29-8-7-21(33)11-18(29)2)19(3)25(10-17)30-26(15-36)32(37)38(24-13-22(34)12-23(35)14-24)27-5-4-6-28(39)31(27)30/h7-14,30H,4-6,16,37H2,1-3H3. The zero-order chi connectivity index (χ0) is 28.7. The van der Waals surface area contributed by atoms with Crippen LogP contribution in [0.2, 0.25) is 15.1 Å². The summed E-state index contributed by atoms with van der Waals surface area (Å²) in [6.45, 7) is 6.28. The van der Waals surface area contributed by atoms with Gasteiger partial charge in [-0.3, -0.25) is 9.69 Å². The highest BCUT2D eigenvalue weighted by Crippen LogP contribution is 2.48. The van der Waals surface area contributed by atoms with Gasteiger partial charge < -0.3 is 10.5 Å². The maximum atomic E-state index is 13.6. The summed E-state index contributed by atoms with van der Waals surface area (Å²) < 4.78 is 6.18. The van der Waals surface area contributed by atoms with E-state index in [-0.39, 0.29) is 11.6 Å². The number of aryl methyl sites for hydroxylation is 2. The highest BCUT2D eigenvalue weighted by Gasteiger charge is 2.41. The number of Topliss-reactive ketones (excluding diaryl/α,β-unsaturated/α-hetero) is 1. The first-order valence-electron chi connectivity index (χ1n) is 13.0. The molecule has 1 heterocycles. The minimum Gasteiger partial charge on any atom is -0.489 e. The Morgan fingerprint density at radius 1 is 1.00 bits per heavy atom. The summed E-state index contributed by atoms with van der Waals surface area (Å²) in [5, 5.41) is 12.0. The zero-order valence-electron chi connectivity index (χ0n) is 22.4. The van der Waals surface area contributed by atoms with Crippen molar-refractivity contribution in [2.75, 3.05) is 4.90 Å². The van der Waals surface area contributed by atoms with Gasteiger partial charge in [-0.05, 0) is 92.3 Å². The number of nitrogens with zero attached hydrogens (tertiary/aromatic N) is 2. The van der Waals surface area contributed by atoms with Crippen molar-refractivity contribution in [3.63, 3.8) is 0 Å². The lowest BCUT2D eigenvalue weighted by molar-refractivity contribution is -0.116. The highest BCUT2D eigenvalue weighted by atomic mass is 35.5. The second-order valence-corrected chi connectivity index (χ2v) is 11.6. The minimum absolute atomic E-state index is 0.0140. The van der Waals surface area contributed by atoms with Gasteiger partial charge in [0.05, 0.1) is 23.2 Å². The number of rotatable bonds is 5. The van der Waals surface area contributed by atoms with Crippen molar-refractivity contribution >= 4 is 46.3 Å². The molecule has 1 unspecified atom stereocenters. The van der Waals surface area contributed by atoms with E-state index in [0.717, 1.165) is 39.3 Å². The van der Waals surface area contributed by atoms with E-state index in [1.807, 2.05) is 39.0 Å². The van der Waals surface area contributed by atoms with Gasteiger partial charge >= 0.3 is 0 Å². The number of anilines is 1. The van der Waals surface area contributed by atoms with Crippen LogP contribution >= 0.6 is 34.8 Å². The quantitative estimate of drug-likeness (QED) is 0.321. The van der Waals surface area contributed by atoms with E-state index in [1.165, 1.54) is 0 Å². The molecule has 40 heavy (non-hydrogen) atoms. The molecule has 0 saturated carbocycles. The molecule has 0 bridgehead atoms. The van der Waals surface area contributed by atoms with Gasteiger partial charge in [-0.25, -0.2) is 0 Å². The largest absolute Gasteiger partial charge is 0.489 e. The number of hydrogen-bond acceptors (Lipinski definition) is 5. The fraction of sp³-hybridized carbons (Fsp3) is 0.250. The average Bonchev–Trinajstić information content (AvgIpc) is 2.88. The van der Waals surface area contributed by atoms with Gasteiger partial charge in [0.2, 0.25) is 0 Å². The topological polar surface area (TPSA) is 79.3 Å². The molecule has 1 atom stereocenters. The maximum absolute atomic E-state index is 13.6. The predicted octanol–water partition coefficient (Wildman–Crippen LogP) is 8.46. The van der Waals surface area contributed by atoms with Crippen molar-refractivity contribution in [3.05, 3.63) is 114 Å². The van der Waals surface area contributed by atoms with Gasteiger partial charge in [0.15, 0.2) is 5.78 Å². The van der Waals surface area contributed by atoms with Crippen LogP contribution in [0.1, 0.15) is 53.0 Å². The Bertz CT molecular complexity index is 1630. The highest BCUT2D eigenvalue weighted by molar-refractivity contribution is 6.35. The van der Waals surface area contributed by atoms with Gasteiger partial charge in [-0.2, -0.15) is 5.26 Å². The molecule has 0 amide bonds. The lowest BCUT2D eigenvalue weighted by atomic mass is 9.73. The molecule has 0 spiro atoms. The van der Waals surface area contributed by atoms with Crippen LogP contribution in [0.4, 0.5) is 5.69 Å².